The monoisotopic (exact) mass is 369 g/mol. The fourth-order valence-electron chi connectivity index (χ4n) is 3.25. The summed E-state index contributed by atoms with van der Waals surface area (Å²) in [5.74, 6) is -0.171. The third kappa shape index (κ3) is 3.70. The first kappa shape index (κ1) is 18.1. The summed E-state index contributed by atoms with van der Waals surface area (Å²) in [5.41, 5.74) is 4.71. The fraction of sp³-hybridized carbons (Fsp3) is 0.160. The van der Waals surface area contributed by atoms with E-state index in [1.165, 1.54) is 5.56 Å². The quantitative estimate of drug-likeness (QED) is 0.417. The summed E-state index contributed by atoms with van der Waals surface area (Å²) in [6.45, 7) is 6.55. The molecule has 1 heterocycles. The average molecular weight is 369 g/mol. The maximum atomic E-state index is 12.3. The number of hydrogen-bond acceptors (Lipinski definition) is 2. The molecule has 4 aromatic rings. The third-order valence-corrected chi connectivity index (χ3v) is 4.85. The van der Waals surface area contributed by atoms with Gasteiger partial charge in [0.1, 0.15) is 11.2 Å². The first-order chi connectivity index (χ1) is 13.4. The Labute approximate surface area is 164 Å². The summed E-state index contributed by atoms with van der Waals surface area (Å²) >= 11 is 0. The van der Waals surface area contributed by atoms with Crippen LogP contribution in [-0.2, 0) is 10.2 Å². The molecule has 0 spiro atoms. The molecule has 0 saturated carbocycles. The van der Waals surface area contributed by atoms with E-state index in [-0.39, 0.29) is 11.3 Å². The zero-order valence-corrected chi connectivity index (χ0v) is 16.3. The maximum Gasteiger partial charge on any atom is 0.248 e. The van der Waals surface area contributed by atoms with Gasteiger partial charge in [0, 0.05) is 28.6 Å². The van der Waals surface area contributed by atoms with Crippen LogP contribution in [-0.4, -0.2) is 5.91 Å². The molecule has 3 nitrogen and oxygen atoms in total. The molecular weight excluding hydrogens is 346 g/mol. The van der Waals surface area contributed by atoms with Crippen molar-refractivity contribution in [3.8, 4) is 0 Å². The molecule has 3 aromatic carbocycles. The first-order valence-corrected chi connectivity index (χ1v) is 9.41. The molecule has 0 aliphatic rings. The molecule has 28 heavy (non-hydrogen) atoms. The molecule has 0 aliphatic heterocycles. The van der Waals surface area contributed by atoms with Crippen molar-refractivity contribution in [2.75, 3.05) is 5.32 Å². The lowest BCUT2D eigenvalue weighted by Gasteiger charge is -2.18. The van der Waals surface area contributed by atoms with Crippen molar-refractivity contribution in [1.82, 2.24) is 0 Å². The molecule has 1 N–H and O–H groups in total. The Kier molecular flexibility index (Phi) is 4.52. The average Bonchev–Trinajstić information content (AvgIpc) is 3.04. The number of amides is 1. The van der Waals surface area contributed by atoms with E-state index in [0.29, 0.717) is 5.69 Å². The van der Waals surface area contributed by atoms with Gasteiger partial charge in [-0.25, -0.2) is 0 Å². The van der Waals surface area contributed by atoms with Crippen LogP contribution < -0.4 is 5.32 Å². The van der Waals surface area contributed by atoms with Gasteiger partial charge in [-0.05, 0) is 40.8 Å². The summed E-state index contributed by atoms with van der Waals surface area (Å²) < 4.78 is 5.87. The number of para-hydroxylation sites is 1. The van der Waals surface area contributed by atoms with Crippen LogP contribution in [0.1, 0.15) is 31.9 Å². The number of furan rings is 1. The van der Waals surface area contributed by atoms with E-state index in [4.69, 9.17) is 4.42 Å². The van der Waals surface area contributed by atoms with Crippen LogP contribution in [0, 0.1) is 0 Å². The summed E-state index contributed by atoms with van der Waals surface area (Å²) in [4.78, 5) is 12.3. The molecule has 0 unspecified atom stereocenters. The van der Waals surface area contributed by atoms with Crippen molar-refractivity contribution < 1.29 is 9.21 Å². The van der Waals surface area contributed by atoms with Gasteiger partial charge in [0.15, 0.2) is 0 Å². The highest BCUT2D eigenvalue weighted by molar-refractivity contribution is 6.07. The highest BCUT2D eigenvalue weighted by atomic mass is 16.3. The number of hydrogen-bond donors (Lipinski definition) is 1. The van der Waals surface area contributed by atoms with Crippen LogP contribution >= 0.6 is 0 Å². The zero-order chi connectivity index (χ0) is 19.7. The number of rotatable bonds is 3. The lowest BCUT2D eigenvalue weighted by molar-refractivity contribution is -0.111. The molecule has 0 aliphatic carbocycles. The van der Waals surface area contributed by atoms with Crippen LogP contribution in [0.3, 0.4) is 0 Å². The van der Waals surface area contributed by atoms with Crippen LogP contribution in [0.25, 0.3) is 28.0 Å². The summed E-state index contributed by atoms with van der Waals surface area (Å²) in [5, 5.41) is 5.02. The lowest BCUT2D eigenvalue weighted by Crippen LogP contribution is -2.10. The van der Waals surface area contributed by atoms with Crippen molar-refractivity contribution in [3.05, 3.63) is 83.9 Å². The molecular formula is C25H23NO2. The minimum absolute atomic E-state index is 0.120. The van der Waals surface area contributed by atoms with E-state index in [9.17, 15) is 4.79 Å². The Bertz CT molecular complexity index is 1170. The number of fused-ring (bicyclic) bond motifs is 3. The van der Waals surface area contributed by atoms with E-state index in [0.717, 1.165) is 27.5 Å². The Hall–Kier alpha value is -3.33. The van der Waals surface area contributed by atoms with E-state index in [1.54, 1.807) is 6.08 Å². The molecule has 1 amide bonds. The Balaban J connectivity index is 1.48. The van der Waals surface area contributed by atoms with Gasteiger partial charge in [-0.2, -0.15) is 0 Å². The number of carbonyl (C=O) groups excluding carboxylic acids is 1. The summed E-state index contributed by atoms with van der Waals surface area (Å²) in [6.07, 6.45) is 3.37. The third-order valence-electron chi connectivity index (χ3n) is 4.85. The standard InChI is InChI=1S/C25H23NO2/c1-25(2,3)18-11-8-17(9-12-18)10-15-24(27)26-19-13-14-21-20-6-4-5-7-22(20)28-23(21)16-19/h4-16H,1-3H3,(H,26,27)/b15-10+. The van der Waals surface area contributed by atoms with Gasteiger partial charge in [0.25, 0.3) is 0 Å². The van der Waals surface area contributed by atoms with Crippen LogP contribution in [0.4, 0.5) is 5.69 Å². The Morgan fingerprint density at radius 1 is 0.893 bits per heavy atom. The SMILES string of the molecule is CC(C)(C)c1ccc(/C=C/C(=O)Nc2ccc3c(c2)oc2ccccc23)cc1. The highest BCUT2D eigenvalue weighted by Crippen LogP contribution is 2.30. The van der Waals surface area contributed by atoms with Crippen molar-refractivity contribution in [3.63, 3.8) is 0 Å². The highest BCUT2D eigenvalue weighted by Gasteiger charge is 2.12. The number of anilines is 1. The topological polar surface area (TPSA) is 42.2 Å². The molecule has 0 saturated heterocycles. The van der Waals surface area contributed by atoms with Gasteiger partial charge in [0.2, 0.25) is 5.91 Å². The van der Waals surface area contributed by atoms with Gasteiger partial charge < -0.3 is 9.73 Å². The van der Waals surface area contributed by atoms with E-state index in [2.05, 4.69) is 38.2 Å². The van der Waals surface area contributed by atoms with Crippen molar-refractivity contribution in [1.29, 1.82) is 0 Å². The minimum Gasteiger partial charge on any atom is -0.456 e. The lowest BCUT2D eigenvalue weighted by atomic mass is 9.87. The minimum atomic E-state index is -0.171. The molecule has 4 rings (SSSR count). The number of benzene rings is 3. The van der Waals surface area contributed by atoms with E-state index < -0.39 is 0 Å². The largest absolute Gasteiger partial charge is 0.456 e. The van der Waals surface area contributed by atoms with Crippen LogP contribution in [0.2, 0.25) is 0 Å². The molecule has 0 atom stereocenters. The number of nitrogens with one attached hydrogen (secondary N) is 1. The molecule has 3 heteroatoms. The normalized spacial score (nSPS) is 12.1. The van der Waals surface area contributed by atoms with Gasteiger partial charge in [-0.1, -0.05) is 63.2 Å². The van der Waals surface area contributed by atoms with E-state index >= 15 is 0 Å². The second kappa shape index (κ2) is 7.01. The van der Waals surface area contributed by atoms with Crippen molar-refractivity contribution in [2.24, 2.45) is 0 Å². The molecule has 0 radical (unpaired) electrons. The number of carbonyl (C=O) groups is 1. The zero-order valence-electron chi connectivity index (χ0n) is 16.3. The molecule has 1 aromatic heterocycles. The molecule has 140 valence electrons. The second-order valence-corrected chi connectivity index (χ2v) is 8.00. The predicted molar refractivity (Wildman–Crippen MR) is 117 cm³/mol. The fourth-order valence-corrected chi connectivity index (χ4v) is 3.25. The Morgan fingerprint density at radius 3 is 2.36 bits per heavy atom. The van der Waals surface area contributed by atoms with Gasteiger partial charge in [-0.3, -0.25) is 4.79 Å². The van der Waals surface area contributed by atoms with Gasteiger partial charge >= 0.3 is 0 Å². The predicted octanol–water partition coefficient (Wildman–Crippen LogP) is 6.54. The van der Waals surface area contributed by atoms with Gasteiger partial charge in [0.05, 0.1) is 0 Å². The second-order valence-electron chi connectivity index (χ2n) is 8.00. The van der Waals surface area contributed by atoms with E-state index in [1.807, 2.05) is 60.7 Å². The first-order valence-electron chi connectivity index (χ1n) is 9.41. The summed E-state index contributed by atoms with van der Waals surface area (Å²) in [6, 6.07) is 21.9. The molecule has 0 fully saturated rings. The van der Waals surface area contributed by atoms with Crippen molar-refractivity contribution in [2.45, 2.75) is 26.2 Å². The molecule has 0 bridgehead atoms. The Morgan fingerprint density at radius 2 is 1.61 bits per heavy atom. The maximum absolute atomic E-state index is 12.3. The van der Waals surface area contributed by atoms with Gasteiger partial charge in [-0.15, -0.1) is 0 Å². The smallest absolute Gasteiger partial charge is 0.248 e. The van der Waals surface area contributed by atoms with Crippen LogP contribution in [0.5, 0.6) is 0 Å². The van der Waals surface area contributed by atoms with Crippen molar-refractivity contribution >= 4 is 39.6 Å². The summed E-state index contributed by atoms with van der Waals surface area (Å²) in [7, 11) is 0. The van der Waals surface area contributed by atoms with Crippen LogP contribution in [0.15, 0.2) is 77.2 Å².